The minimum absolute atomic E-state index is 0.0965. The maximum Gasteiger partial charge on any atom is 0.244 e. The number of para-hydroxylation sites is 1. The van der Waals surface area contributed by atoms with Gasteiger partial charge in [0.25, 0.3) is 0 Å². The van der Waals surface area contributed by atoms with Crippen LogP contribution in [0.3, 0.4) is 0 Å². The van der Waals surface area contributed by atoms with E-state index in [0.29, 0.717) is 19.7 Å². The highest BCUT2D eigenvalue weighted by Crippen LogP contribution is 2.37. The number of hydrogen-bond acceptors (Lipinski definition) is 5. The summed E-state index contributed by atoms with van der Waals surface area (Å²) in [6.07, 6.45) is 1.81. The molecule has 0 radical (unpaired) electrons. The van der Waals surface area contributed by atoms with Crippen molar-refractivity contribution in [1.29, 1.82) is 0 Å². The summed E-state index contributed by atoms with van der Waals surface area (Å²) in [5, 5.41) is 4.48. The van der Waals surface area contributed by atoms with Crippen LogP contribution in [-0.4, -0.2) is 53.9 Å². The fourth-order valence-electron chi connectivity index (χ4n) is 4.14. The van der Waals surface area contributed by atoms with E-state index in [0.717, 1.165) is 47.1 Å². The van der Waals surface area contributed by atoms with Gasteiger partial charge in [0.05, 0.1) is 19.0 Å². The number of carbonyl (C=O) groups excluding carboxylic acids is 1. The maximum atomic E-state index is 13.0. The minimum atomic E-state index is 0.0965. The first-order valence-electron chi connectivity index (χ1n) is 10.2. The number of methoxy groups -OCH3 is 1. The lowest BCUT2D eigenvalue weighted by Gasteiger charge is -2.36. The van der Waals surface area contributed by atoms with E-state index in [9.17, 15) is 4.79 Å². The number of rotatable bonds is 4. The maximum absolute atomic E-state index is 13.0. The number of ether oxygens (including phenoxy) is 2. The van der Waals surface area contributed by atoms with Gasteiger partial charge in [-0.3, -0.25) is 9.48 Å². The van der Waals surface area contributed by atoms with Crippen LogP contribution in [0.4, 0.5) is 5.69 Å². The first kappa shape index (κ1) is 18.5. The molecular weight excluding hydrogens is 380 g/mol. The fourth-order valence-corrected chi connectivity index (χ4v) is 4.14. The highest BCUT2D eigenvalue weighted by atomic mass is 16.5. The van der Waals surface area contributed by atoms with Gasteiger partial charge in [0.15, 0.2) is 0 Å². The number of nitrogens with zero attached hydrogens (tertiary/aromatic N) is 4. The van der Waals surface area contributed by atoms with Crippen LogP contribution in [0, 0.1) is 0 Å². The average molecular weight is 404 g/mol. The largest absolute Gasteiger partial charge is 0.497 e. The van der Waals surface area contributed by atoms with Gasteiger partial charge in [-0.2, -0.15) is 5.10 Å². The van der Waals surface area contributed by atoms with Crippen LogP contribution in [0.2, 0.25) is 0 Å². The summed E-state index contributed by atoms with van der Waals surface area (Å²) in [5.74, 6) is 1.79. The van der Waals surface area contributed by atoms with Crippen LogP contribution in [0.25, 0.3) is 11.3 Å². The van der Waals surface area contributed by atoms with Crippen molar-refractivity contribution in [2.24, 2.45) is 0 Å². The zero-order valence-corrected chi connectivity index (χ0v) is 17.0. The van der Waals surface area contributed by atoms with Gasteiger partial charge < -0.3 is 19.3 Å². The summed E-state index contributed by atoms with van der Waals surface area (Å²) in [7, 11) is 1.67. The third kappa shape index (κ3) is 3.36. The first-order chi connectivity index (χ1) is 14.7. The third-order valence-electron chi connectivity index (χ3n) is 5.80. The fraction of sp³-hybridized carbons (Fsp3) is 0.304. The Morgan fingerprint density at radius 3 is 2.60 bits per heavy atom. The van der Waals surface area contributed by atoms with Crippen LogP contribution < -0.4 is 14.4 Å². The average Bonchev–Trinajstić information content (AvgIpc) is 3.22. The number of carbonyl (C=O) groups is 1. The van der Waals surface area contributed by atoms with Gasteiger partial charge in [0, 0.05) is 43.0 Å². The molecule has 154 valence electrons. The quantitative estimate of drug-likeness (QED) is 0.669. The Bertz CT molecular complexity index is 1050. The smallest absolute Gasteiger partial charge is 0.244 e. The lowest BCUT2D eigenvalue weighted by atomic mass is 10.0. The Labute approximate surface area is 175 Å². The Morgan fingerprint density at radius 2 is 1.83 bits per heavy atom. The summed E-state index contributed by atoms with van der Waals surface area (Å²) >= 11 is 0. The van der Waals surface area contributed by atoms with Crippen molar-refractivity contribution in [2.45, 2.75) is 13.2 Å². The molecule has 1 fully saturated rings. The SMILES string of the molecule is COc1ccc(N2CCN(C(=O)Cn3ncc4c3-c3ccccc3OC4)CC2)cc1. The van der Waals surface area contributed by atoms with Gasteiger partial charge in [-0.25, -0.2) is 0 Å². The summed E-state index contributed by atoms with van der Waals surface area (Å²) in [5.41, 5.74) is 4.15. The number of piperazine rings is 1. The molecule has 1 aromatic heterocycles. The van der Waals surface area contributed by atoms with Crippen LogP contribution in [-0.2, 0) is 17.9 Å². The molecule has 2 aromatic carbocycles. The van der Waals surface area contributed by atoms with E-state index in [1.54, 1.807) is 13.3 Å². The standard InChI is InChI=1S/C23H24N4O3/c1-29-19-8-6-18(7-9-19)25-10-12-26(13-11-25)22(28)15-27-23-17(14-24-27)16-30-21-5-3-2-4-20(21)23/h2-9,14H,10-13,15-16H2,1H3. The van der Waals surface area contributed by atoms with Gasteiger partial charge in [0.2, 0.25) is 5.91 Å². The van der Waals surface area contributed by atoms with Crippen LogP contribution in [0.1, 0.15) is 5.56 Å². The van der Waals surface area contributed by atoms with E-state index < -0.39 is 0 Å². The molecule has 3 heterocycles. The molecule has 3 aromatic rings. The highest BCUT2D eigenvalue weighted by Gasteiger charge is 2.26. The molecule has 1 saturated heterocycles. The Hall–Kier alpha value is -3.48. The number of fused-ring (bicyclic) bond motifs is 3. The third-order valence-corrected chi connectivity index (χ3v) is 5.80. The normalized spacial score (nSPS) is 15.2. The minimum Gasteiger partial charge on any atom is -0.497 e. The van der Waals surface area contributed by atoms with E-state index >= 15 is 0 Å². The van der Waals surface area contributed by atoms with Gasteiger partial charge in [0.1, 0.15) is 24.7 Å². The van der Waals surface area contributed by atoms with Crippen LogP contribution in [0.5, 0.6) is 11.5 Å². The molecule has 0 aliphatic carbocycles. The zero-order valence-electron chi connectivity index (χ0n) is 17.0. The van der Waals surface area contributed by atoms with Gasteiger partial charge in [-0.05, 0) is 36.4 Å². The number of anilines is 1. The van der Waals surface area contributed by atoms with E-state index in [2.05, 4.69) is 22.1 Å². The topological polar surface area (TPSA) is 59.8 Å². The van der Waals surface area contributed by atoms with Gasteiger partial charge in [-0.15, -0.1) is 0 Å². The molecule has 1 amide bonds. The lowest BCUT2D eigenvalue weighted by Crippen LogP contribution is -2.49. The molecule has 0 spiro atoms. The van der Waals surface area contributed by atoms with E-state index in [4.69, 9.17) is 9.47 Å². The molecule has 0 bridgehead atoms. The van der Waals surface area contributed by atoms with Crippen molar-refractivity contribution in [3.8, 4) is 22.8 Å². The summed E-state index contributed by atoms with van der Waals surface area (Å²) in [6.45, 7) is 3.76. The molecule has 30 heavy (non-hydrogen) atoms. The van der Waals surface area contributed by atoms with Crippen LogP contribution in [0.15, 0.2) is 54.7 Å². The highest BCUT2D eigenvalue weighted by molar-refractivity contribution is 5.78. The molecular formula is C23H24N4O3. The number of benzene rings is 2. The molecule has 5 rings (SSSR count). The molecule has 0 unspecified atom stereocenters. The Kier molecular flexibility index (Phi) is 4.78. The predicted octanol–water partition coefficient (Wildman–Crippen LogP) is 2.80. The second kappa shape index (κ2) is 7.74. The molecule has 0 saturated carbocycles. The van der Waals surface area contributed by atoms with Gasteiger partial charge in [-0.1, -0.05) is 12.1 Å². The summed E-state index contributed by atoms with van der Waals surface area (Å²) < 4.78 is 12.8. The van der Waals surface area contributed by atoms with Crippen molar-refractivity contribution in [1.82, 2.24) is 14.7 Å². The number of amides is 1. The van der Waals surface area contributed by atoms with E-state index in [1.807, 2.05) is 46.0 Å². The molecule has 2 aliphatic heterocycles. The lowest BCUT2D eigenvalue weighted by molar-refractivity contribution is -0.132. The summed E-state index contributed by atoms with van der Waals surface area (Å²) in [4.78, 5) is 17.2. The second-order valence-corrected chi connectivity index (χ2v) is 7.53. The van der Waals surface area contributed by atoms with Crippen molar-refractivity contribution in [2.75, 3.05) is 38.2 Å². The van der Waals surface area contributed by atoms with Crippen molar-refractivity contribution in [3.63, 3.8) is 0 Å². The number of hydrogen-bond donors (Lipinski definition) is 0. The second-order valence-electron chi connectivity index (χ2n) is 7.53. The zero-order chi connectivity index (χ0) is 20.5. The van der Waals surface area contributed by atoms with Gasteiger partial charge >= 0.3 is 0 Å². The predicted molar refractivity (Wildman–Crippen MR) is 114 cm³/mol. The molecule has 0 N–H and O–H groups in total. The van der Waals surface area contributed by atoms with Crippen molar-refractivity contribution in [3.05, 3.63) is 60.3 Å². The van der Waals surface area contributed by atoms with E-state index in [1.165, 1.54) is 0 Å². The van der Waals surface area contributed by atoms with Crippen molar-refractivity contribution < 1.29 is 14.3 Å². The van der Waals surface area contributed by atoms with E-state index in [-0.39, 0.29) is 12.5 Å². The Balaban J connectivity index is 1.25. The molecule has 7 heteroatoms. The molecule has 7 nitrogen and oxygen atoms in total. The first-order valence-corrected chi connectivity index (χ1v) is 10.2. The monoisotopic (exact) mass is 404 g/mol. The molecule has 0 atom stereocenters. The number of aromatic nitrogens is 2. The van der Waals surface area contributed by atoms with Crippen LogP contribution >= 0.6 is 0 Å². The van der Waals surface area contributed by atoms with Crippen molar-refractivity contribution >= 4 is 11.6 Å². The Morgan fingerprint density at radius 1 is 1.07 bits per heavy atom. The molecule has 2 aliphatic rings. The summed E-state index contributed by atoms with van der Waals surface area (Å²) in [6, 6.07) is 16.0.